The van der Waals surface area contributed by atoms with Crippen LogP contribution in [0.4, 0.5) is 17.1 Å². The molecule has 1 spiro atoms. The van der Waals surface area contributed by atoms with E-state index in [4.69, 9.17) is 0 Å². The normalized spacial score (nSPS) is 12.8. The van der Waals surface area contributed by atoms with Crippen LogP contribution in [0.2, 0.25) is 0 Å². The van der Waals surface area contributed by atoms with Crippen LogP contribution < -0.4 is 4.90 Å². The third kappa shape index (κ3) is 5.92. The van der Waals surface area contributed by atoms with Crippen molar-refractivity contribution >= 4 is 38.9 Å². The molecule has 11 aromatic carbocycles. The summed E-state index contributed by atoms with van der Waals surface area (Å²) in [6.45, 7) is 0. The molecule has 14 rings (SSSR count). The highest BCUT2D eigenvalue weighted by atomic mass is 15.1. The van der Waals surface area contributed by atoms with Gasteiger partial charge in [0.05, 0.1) is 22.1 Å². The predicted octanol–water partition coefficient (Wildman–Crippen LogP) is 17.6. The maximum Gasteiger partial charge on any atom is 0.0754 e. The summed E-state index contributed by atoms with van der Waals surface area (Å²) in [5.74, 6) is 0. The molecule has 1 aliphatic heterocycles. The van der Waals surface area contributed by atoms with Gasteiger partial charge in [0, 0.05) is 33.4 Å². The highest BCUT2D eigenvalue weighted by Gasteiger charge is 2.51. The first-order valence-corrected chi connectivity index (χ1v) is 23.9. The standard InChI is InChI=1S/C67H44N2/c1-3-15-45(16-4-1)46-29-31-47(32-30-46)48-33-35-49(36-34-48)50-37-41-53(42-38-50)68(52-17-5-2-6-18-52)54-43-39-51(40-44-54)55-22-13-26-62-65(55)69-64-28-12-9-21-58(64)59-23-14-27-63(66(59)69)67(62)60-24-10-7-19-56(60)57-20-8-11-25-61(57)67/h1-44H. The van der Waals surface area contributed by atoms with Crippen molar-refractivity contribution in [2.24, 2.45) is 0 Å². The first kappa shape index (κ1) is 39.2. The Kier molecular flexibility index (Phi) is 8.84. The van der Waals surface area contributed by atoms with Gasteiger partial charge in [-0.15, -0.1) is 0 Å². The third-order valence-electron chi connectivity index (χ3n) is 14.8. The van der Waals surface area contributed by atoms with Crippen LogP contribution in [-0.4, -0.2) is 4.57 Å². The third-order valence-corrected chi connectivity index (χ3v) is 14.8. The smallest absolute Gasteiger partial charge is 0.0754 e. The van der Waals surface area contributed by atoms with Crippen LogP contribution in [-0.2, 0) is 5.41 Å². The van der Waals surface area contributed by atoms with Gasteiger partial charge in [-0.25, -0.2) is 0 Å². The summed E-state index contributed by atoms with van der Waals surface area (Å²) in [6, 6.07) is 98.3. The van der Waals surface area contributed by atoms with Crippen LogP contribution in [0, 0.1) is 0 Å². The fourth-order valence-electron chi connectivity index (χ4n) is 11.8. The summed E-state index contributed by atoms with van der Waals surface area (Å²) in [6.07, 6.45) is 0. The van der Waals surface area contributed by atoms with Gasteiger partial charge >= 0.3 is 0 Å². The van der Waals surface area contributed by atoms with E-state index in [0.717, 1.165) is 17.1 Å². The summed E-state index contributed by atoms with van der Waals surface area (Å²) in [7, 11) is 0. The number of anilines is 3. The van der Waals surface area contributed by atoms with E-state index in [0.29, 0.717) is 0 Å². The summed E-state index contributed by atoms with van der Waals surface area (Å²) < 4.78 is 2.57. The lowest BCUT2D eigenvalue weighted by Gasteiger charge is -2.40. The van der Waals surface area contributed by atoms with Crippen molar-refractivity contribution in [3.8, 4) is 61.3 Å². The molecule has 2 heterocycles. The van der Waals surface area contributed by atoms with Crippen molar-refractivity contribution < 1.29 is 0 Å². The second-order valence-corrected chi connectivity index (χ2v) is 18.4. The Balaban J connectivity index is 0.855. The molecule has 0 radical (unpaired) electrons. The van der Waals surface area contributed by atoms with Gasteiger partial charge in [-0.1, -0.05) is 224 Å². The fourth-order valence-corrected chi connectivity index (χ4v) is 11.8. The molecular weight excluding hydrogens is 833 g/mol. The minimum absolute atomic E-state index is 0.490. The Bertz CT molecular complexity index is 3860. The second kappa shape index (κ2) is 15.6. The van der Waals surface area contributed by atoms with Crippen LogP contribution in [0.15, 0.2) is 267 Å². The summed E-state index contributed by atoms with van der Waals surface area (Å²) in [4.78, 5) is 2.36. The van der Waals surface area contributed by atoms with Gasteiger partial charge in [-0.2, -0.15) is 0 Å². The maximum atomic E-state index is 2.57. The van der Waals surface area contributed by atoms with E-state index in [1.54, 1.807) is 0 Å². The number of rotatable bonds is 7. The van der Waals surface area contributed by atoms with Gasteiger partial charge in [-0.05, 0) is 115 Å². The van der Waals surface area contributed by atoms with Crippen molar-refractivity contribution in [2.75, 3.05) is 4.90 Å². The van der Waals surface area contributed by atoms with E-state index in [9.17, 15) is 0 Å². The second-order valence-electron chi connectivity index (χ2n) is 18.4. The molecule has 69 heavy (non-hydrogen) atoms. The molecule has 0 N–H and O–H groups in total. The molecule has 2 aliphatic rings. The molecule has 0 saturated carbocycles. The average molecular weight is 877 g/mol. The topological polar surface area (TPSA) is 8.17 Å². The van der Waals surface area contributed by atoms with E-state index >= 15 is 0 Å². The molecule has 322 valence electrons. The zero-order valence-electron chi connectivity index (χ0n) is 37.8. The quantitative estimate of drug-likeness (QED) is 0.155. The van der Waals surface area contributed by atoms with Crippen molar-refractivity contribution in [1.82, 2.24) is 4.57 Å². The minimum atomic E-state index is -0.490. The van der Waals surface area contributed by atoms with Gasteiger partial charge in [0.25, 0.3) is 0 Å². The Labute approximate surface area is 402 Å². The van der Waals surface area contributed by atoms with Gasteiger partial charge in [0.1, 0.15) is 0 Å². The van der Waals surface area contributed by atoms with Crippen LogP contribution in [0.1, 0.15) is 22.3 Å². The Morgan fingerprint density at radius 2 is 0.652 bits per heavy atom. The molecule has 1 aromatic heterocycles. The molecule has 0 atom stereocenters. The Hall–Kier alpha value is -8.98. The van der Waals surface area contributed by atoms with Crippen molar-refractivity contribution in [3.63, 3.8) is 0 Å². The highest BCUT2D eigenvalue weighted by molar-refractivity contribution is 6.13. The lowest BCUT2D eigenvalue weighted by Crippen LogP contribution is -2.33. The first-order chi connectivity index (χ1) is 34.2. The Morgan fingerprint density at radius 1 is 0.261 bits per heavy atom. The zero-order valence-corrected chi connectivity index (χ0v) is 37.8. The summed E-state index contributed by atoms with van der Waals surface area (Å²) in [5, 5.41) is 2.56. The molecule has 0 amide bonds. The van der Waals surface area contributed by atoms with E-state index in [1.807, 2.05) is 0 Å². The number of aromatic nitrogens is 1. The minimum Gasteiger partial charge on any atom is -0.311 e. The van der Waals surface area contributed by atoms with E-state index in [-0.39, 0.29) is 0 Å². The van der Waals surface area contributed by atoms with Gasteiger partial charge in [-0.3, -0.25) is 0 Å². The van der Waals surface area contributed by atoms with Gasteiger partial charge < -0.3 is 9.47 Å². The Morgan fingerprint density at radius 3 is 1.25 bits per heavy atom. The fraction of sp³-hybridized carbons (Fsp3) is 0.0149. The SMILES string of the molecule is c1ccc(-c2ccc(-c3ccc(-c4ccc(N(c5ccccc5)c5ccc(-c6cccc7c6-n6c8ccccc8c8cccc(c86)C76c7ccccc7-c7ccccc76)cc5)cc4)cc3)cc2)cc1. The van der Waals surface area contributed by atoms with Crippen LogP contribution in [0.3, 0.4) is 0 Å². The predicted molar refractivity (Wildman–Crippen MR) is 288 cm³/mol. The molecule has 0 fully saturated rings. The monoisotopic (exact) mass is 876 g/mol. The first-order valence-electron chi connectivity index (χ1n) is 23.9. The van der Waals surface area contributed by atoms with Crippen molar-refractivity contribution in [1.29, 1.82) is 0 Å². The zero-order chi connectivity index (χ0) is 45.5. The maximum absolute atomic E-state index is 2.57. The van der Waals surface area contributed by atoms with Crippen LogP contribution in [0.5, 0.6) is 0 Å². The summed E-state index contributed by atoms with van der Waals surface area (Å²) >= 11 is 0. The highest BCUT2D eigenvalue weighted by Crippen LogP contribution is 2.62. The van der Waals surface area contributed by atoms with Crippen molar-refractivity contribution in [2.45, 2.75) is 5.41 Å². The van der Waals surface area contributed by atoms with E-state index in [2.05, 4.69) is 276 Å². The molecule has 2 heteroatoms. The molecule has 2 nitrogen and oxygen atoms in total. The van der Waals surface area contributed by atoms with Crippen LogP contribution >= 0.6 is 0 Å². The summed E-state index contributed by atoms with van der Waals surface area (Å²) in [5.41, 5.74) is 24.1. The molecule has 0 saturated heterocycles. The molecular formula is C67H44N2. The average Bonchev–Trinajstić information content (AvgIpc) is 3.92. The largest absolute Gasteiger partial charge is 0.311 e. The number of fused-ring (bicyclic) bond motifs is 12. The van der Waals surface area contributed by atoms with Gasteiger partial charge in [0.2, 0.25) is 0 Å². The van der Waals surface area contributed by atoms with E-state index in [1.165, 1.54) is 105 Å². The van der Waals surface area contributed by atoms with Gasteiger partial charge in [0.15, 0.2) is 0 Å². The molecule has 1 aliphatic carbocycles. The lowest BCUT2D eigenvalue weighted by molar-refractivity contribution is 0.749. The van der Waals surface area contributed by atoms with Crippen LogP contribution in [0.25, 0.3) is 83.1 Å². The molecule has 12 aromatic rings. The number of hydrogen-bond donors (Lipinski definition) is 0. The molecule has 0 bridgehead atoms. The molecule has 0 unspecified atom stereocenters. The van der Waals surface area contributed by atoms with E-state index < -0.39 is 5.41 Å². The number of hydrogen-bond acceptors (Lipinski definition) is 1. The lowest BCUT2D eigenvalue weighted by atomic mass is 9.65. The number of benzene rings is 11. The van der Waals surface area contributed by atoms with Crippen molar-refractivity contribution in [3.05, 3.63) is 289 Å². The number of para-hydroxylation sites is 4. The number of nitrogens with zero attached hydrogens (tertiary/aromatic N) is 2.